The maximum Gasteiger partial charge on any atom is 0.271 e. The van der Waals surface area contributed by atoms with Crippen LogP contribution in [0, 0.1) is 12.7 Å². The molecule has 2 rings (SSSR count). The Morgan fingerprint density at radius 3 is 2.83 bits per heavy atom. The third kappa shape index (κ3) is 2.71. The first-order valence-electron chi connectivity index (χ1n) is 5.49. The lowest BCUT2D eigenvalue weighted by molar-refractivity contribution is -0.121. The molecule has 0 radical (unpaired) electrons. The summed E-state index contributed by atoms with van der Waals surface area (Å²) in [6, 6.07) is 4.09. The Morgan fingerprint density at radius 1 is 1.44 bits per heavy atom. The van der Waals surface area contributed by atoms with E-state index < -0.39 is 0 Å². The van der Waals surface area contributed by atoms with Crippen LogP contribution < -0.4 is 10.7 Å². The molecule has 0 saturated heterocycles. The van der Waals surface area contributed by atoms with Gasteiger partial charge in [-0.1, -0.05) is 0 Å². The smallest absolute Gasteiger partial charge is 0.271 e. The molecule has 1 aliphatic rings. The predicted octanol–water partition coefficient (Wildman–Crippen LogP) is 1.34. The topological polar surface area (TPSA) is 70.6 Å². The Balaban J connectivity index is 2.09. The Kier molecular flexibility index (Phi) is 3.36. The van der Waals surface area contributed by atoms with Crippen LogP contribution >= 0.6 is 0 Å². The number of carbonyl (C=O) groups is 2. The molecule has 2 amide bonds. The highest BCUT2D eigenvalue weighted by molar-refractivity contribution is 6.43. The van der Waals surface area contributed by atoms with Gasteiger partial charge in [-0.2, -0.15) is 5.10 Å². The van der Waals surface area contributed by atoms with Gasteiger partial charge in [0.25, 0.3) is 5.91 Å². The molecular formula is C12H12FN3O2. The minimum Gasteiger partial charge on any atom is -0.321 e. The van der Waals surface area contributed by atoms with Gasteiger partial charge in [0, 0.05) is 18.5 Å². The summed E-state index contributed by atoms with van der Waals surface area (Å²) in [6.45, 7) is 1.70. The molecule has 2 N–H and O–H groups in total. The lowest BCUT2D eigenvalue weighted by atomic mass is 10.1. The minimum atomic E-state index is -0.385. The van der Waals surface area contributed by atoms with Crippen LogP contribution in [0.25, 0.3) is 0 Å². The monoisotopic (exact) mass is 249 g/mol. The summed E-state index contributed by atoms with van der Waals surface area (Å²) in [5, 5.41) is 6.32. The molecule has 6 heteroatoms. The van der Waals surface area contributed by atoms with Crippen LogP contribution in [0.2, 0.25) is 0 Å². The number of amides is 2. The highest BCUT2D eigenvalue weighted by Crippen LogP contribution is 2.16. The lowest BCUT2D eigenvalue weighted by Crippen LogP contribution is -2.32. The van der Waals surface area contributed by atoms with Crippen molar-refractivity contribution < 1.29 is 14.0 Å². The van der Waals surface area contributed by atoms with E-state index in [2.05, 4.69) is 15.8 Å². The molecule has 0 aromatic heterocycles. The molecule has 18 heavy (non-hydrogen) atoms. The summed E-state index contributed by atoms with van der Waals surface area (Å²) >= 11 is 0. The lowest BCUT2D eigenvalue weighted by Gasteiger charge is -2.13. The molecule has 1 heterocycles. The van der Waals surface area contributed by atoms with Crippen LogP contribution in [0.3, 0.4) is 0 Å². The van der Waals surface area contributed by atoms with Crippen molar-refractivity contribution in [2.24, 2.45) is 5.10 Å². The first kappa shape index (κ1) is 12.2. The molecule has 0 unspecified atom stereocenters. The second-order valence-electron chi connectivity index (χ2n) is 4.01. The van der Waals surface area contributed by atoms with Gasteiger partial charge in [0.2, 0.25) is 5.91 Å². The van der Waals surface area contributed by atoms with Crippen molar-refractivity contribution in [2.45, 2.75) is 19.8 Å². The number of anilines is 1. The van der Waals surface area contributed by atoms with Crippen molar-refractivity contribution >= 4 is 23.2 Å². The van der Waals surface area contributed by atoms with E-state index in [4.69, 9.17) is 0 Å². The first-order chi connectivity index (χ1) is 8.56. The predicted molar refractivity (Wildman–Crippen MR) is 64.6 cm³/mol. The second-order valence-corrected chi connectivity index (χ2v) is 4.01. The first-order valence-corrected chi connectivity index (χ1v) is 5.49. The fourth-order valence-corrected chi connectivity index (χ4v) is 1.60. The Bertz CT molecular complexity index is 540. The summed E-state index contributed by atoms with van der Waals surface area (Å²) in [5.41, 5.74) is 3.67. The van der Waals surface area contributed by atoms with Crippen molar-refractivity contribution in [3.8, 4) is 0 Å². The molecule has 0 spiro atoms. The number of hydrogen-bond donors (Lipinski definition) is 2. The highest BCUT2D eigenvalue weighted by Gasteiger charge is 2.18. The molecule has 0 fully saturated rings. The zero-order chi connectivity index (χ0) is 13.1. The zero-order valence-electron chi connectivity index (χ0n) is 9.79. The van der Waals surface area contributed by atoms with Crippen LogP contribution in [-0.4, -0.2) is 17.5 Å². The third-order valence-corrected chi connectivity index (χ3v) is 2.60. The highest BCUT2D eigenvalue weighted by atomic mass is 19.1. The van der Waals surface area contributed by atoms with Gasteiger partial charge < -0.3 is 5.32 Å². The van der Waals surface area contributed by atoms with Crippen LogP contribution in [0.5, 0.6) is 0 Å². The molecule has 1 aliphatic heterocycles. The van der Waals surface area contributed by atoms with Crippen LogP contribution in [0.4, 0.5) is 10.1 Å². The van der Waals surface area contributed by atoms with E-state index in [1.807, 2.05) is 0 Å². The Morgan fingerprint density at radius 2 is 2.22 bits per heavy atom. The van der Waals surface area contributed by atoms with Gasteiger partial charge in [-0.15, -0.1) is 0 Å². The number of hydrogen-bond acceptors (Lipinski definition) is 3. The van der Waals surface area contributed by atoms with Gasteiger partial charge in [0.05, 0.1) is 0 Å². The minimum absolute atomic E-state index is 0.204. The van der Waals surface area contributed by atoms with Gasteiger partial charge in [-0.25, -0.2) is 9.82 Å². The van der Waals surface area contributed by atoms with E-state index in [-0.39, 0.29) is 29.8 Å². The average Bonchev–Trinajstić information content (AvgIpc) is 2.33. The number of halogens is 1. The summed E-state index contributed by atoms with van der Waals surface area (Å²) in [4.78, 5) is 22.7. The normalized spacial score (nSPS) is 14.8. The van der Waals surface area contributed by atoms with E-state index >= 15 is 0 Å². The quantitative estimate of drug-likeness (QED) is 0.830. The summed E-state index contributed by atoms with van der Waals surface area (Å²) in [6.07, 6.45) is 0.548. The Labute approximate surface area is 103 Å². The van der Waals surface area contributed by atoms with Crippen LogP contribution in [0.1, 0.15) is 18.4 Å². The fraction of sp³-hybridized carbons (Fsp3) is 0.250. The number of hydrazone groups is 1. The fourth-order valence-electron chi connectivity index (χ4n) is 1.60. The van der Waals surface area contributed by atoms with Crippen molar-refractivity contribution in [1.29, 1.82) is 0 Å². The molecule has 1 aromatic rings. The summed E-state index contributed by atoms with van der Waals surface area (Å²) in [7, 11) is 0. The molecule has 0 bridgehead atoms. The SMILES string of the molecule is Cc1cc(F)ccc1NC(=O)C1=NNC(=O)CC1. The van der Waals surface area contributed by atoms with Crippen molar-refractivity contribution in [2.75, 3.05) is 5.32 Å². The summed E-state index contributed by atoms with van der Waals surface area (Å²) in [5.74, 6) is -0.943. The van der Waals surface area contributed by atoms with Crippen LogP contribution in [0.15, 0.2) is 23.3 Å². The number of nitrogens with one attached hydrogen (secondary N) is 2. The Hall–Kier alpha value is -2.24. The third-order valence-electron chi connectivity index (χ3n) is 2.60. The number of nitrogens with zero attached hydrogens (tertiary/aromatic N) is 1. The number of benzene rings is 1. The van der Waals surface area contributed by atoms with Crippen molar-refractivity contribution in [3.63, 3.8) is 0 Å². The largest absolute Gasteiger partial charge is 0.321 e. The average molecular weight is 249 g/mol. The van der Waals surface area contributed by atoms with E-state index in [0.717, 1.165) is 0 Å². The molecule has 94 valence electrons. The van der Waals surface area contributed by atoms with E-state index in [1.165, 1.54) is 18.2 Å². The summed E-state index contributed by atoms with van der Waals surface area (Å²) < 4.78 is 12.9. The molecule has 0 atom stereocenters. The van der Waals surface area contributed by atoms with Crippen molar-refractivity contribution in [3.05, 3.63) is 29.6 Å². The zero-order valence-corrected chi connectivity index (χ0v) is 9.79. The molecular weight excluding hydrogens is 237 g/mol. The van der Waals surface area contributed by atoms with E-state index in [9.17, 15) is 14.0 Å². The molecule has 1 aromatic carbocycles. The molecule has 0 aliphatic carbocycles. The van der Waals surface area contributed by atoms with E-state index in [1.54, 1.807) is 6.92 Å². The van der Waals surface area contributed by atoms with E-state index in [0.29, 0.717) is 17.7 Å². The van der Waals surface area contributed by atoms with Crippen LogP contribution in [-0.2, 0) is 9.59 Å². The van der Waals surface area contributed by atoms with Gasteiger partial charge in [0.1, 0.15) is 11.5 Å². The molecule has 0 saturated carbocycles. The van der Waals surface area contributed by atoms with Crippen molar-refractivity contribution in [1.82, 2.24) is 5.43 Å². The van der Waals surface area contributed by atoms with Gasteiger partial charge in [-0.3, -0.25) is 9.59 Å². The van der Waals surface area contributed by atoms with Gasteiger partial charge in [0.15, 0.2) is 0 Å². The second kappa shape index (κ2) is 4.95. The number of rotatable bonds is 2. The molecule has 5 nitrogen and oxygen atoms in total. The number of aryl methyl sites for hydroxylation is 1. The number of carbonyl (C=O) groups excluding carboxylic acids is 2. The maximum atomic E-state index is 12.9. The standard InChI is InChI=1S/C12H12FN3O2/c1-7-6-8(13)2-3-9(7)14-12(18)10-4-5-11(17)16-15-10/h2-3,6H,4-5H2,1H3,(H,14,18)(H,16,17). The maximum absolute atomic E-state index is 12.9. The van der Waals surface area contributed by atoms with Gasteiger partial charge >= 0.3 is 0 Å². The van der Waals surface area contributed by atoms with Gasteiger partial charge in [-0.05, 0) is 30.7 Å².